The number of pyridine rings is 2. The molecule has 6 heterocycles. The smallest absolute Gasteiger partial charge is 0.312 e. The molecule has 0 aliphatic carbocycles. The van der Waals surface area contributed by atoms with Gasteiger partial charge >= 0.3 is 11.9 Å². The van der Waals surface area contributed by atoms with Gasteiger partial charge in [0.25, 0.3) is 11.1 Å². The topological polar surface area (TPSA) is 133 Å². The van der Waals surface area contributed by atoms with Crippen LogP contribution in [-0.4, -0.2) is 108 Å². The van der Waals surface area contributed by atoms with E-state index < -0.39 is 16.8 Å². The first-order chi connectivity index (χ1) is 33.9. The lowest BCUT2D eigenvalue weighted by Crippen LogP contribution is -2.46. The third-order valence-corrected chi connectivity index (χ3v) is 18.4. The number of ether oxygens (including phenoxy) is 3. The number of hydrogen-bond donors (Lipinski definition) is 1. The Kier molecular flexibility index (Phi) is 19.2. The fourth-order valence-electron chi connectivity index (χ4n) is 9.98. The number of carbonyl (C=O) groups excluding carboxylic acids is 1. The molecule has 0 radical (unpaired) electrons. The standard InChI is InChI=1S/C28H36N2O4S2.C26H32N2O4S2/c1-4-34-27(32)28(11-14-29(15-12-28)16-18-36-26-7-5-17-35-26)10-6-13-30-24-20-22(33-3)8-9-23(24)21(2)19-25(30)31;1-19-17-23(29)28(22-18-20(32-2)6-7-21(19)22)11-4-8-26(25(30)31)9-12-27(13-10-26)14-16-34-24-5-3-15-33-24/h5,7-9,17,19-20H,4,6,10-16,18H2,1-3H3;3,5-7,15,17-18H,4,8-14,16H2,1-2H3,(H,30,31). The minimum Gasteiger partial charge on any atom is -0.497 e. The van der Waals surface area contributed by atoms with Gasteiger partial charge in [0, 0.05) is 72.7 Å². The molecule has 2 fully saturated rings. The number of carboxylic acid groups (broad SMARTS) is 1. The van der Waals surface area contributed by atoms with Crippen molar-refractivity contribution in [3.05, 3.63) is 115 Å². The van der Waals surface area contributed by atoms with Crippen molar-refractivity contribution in [3.8, 4) is 11.5 Å². The summed E-state index contributed by atoms with van der Waals surface area (Å²) in [4.78, 5) is 55.9. The van der Waals surface area contributed by atoms with Crippen molar-refractivity contribution in [1.82, 2.24) is 18.9 Å². The average Bonchev–Trinajstić information content (AvgIpc) is 4.10. The Morgan fingerprint density at radius 1 is 0.643 bits per heavy atom. The van der Waals surface area contributed by atoms with Gasteiger partial charge in [-0.25, -0.2) is 0 Å². The molecule has 70 heavy (non-hydrogen) atoms. The van der Waals surface area contributed by atoms with Crippen LogP contribution in [0.2, 0.25) is 0 Å². The summed E-state index contributed by atoms with van der Waals surface area (Å²) in [5, 5.41) is 16.4. The number of thiophene rings is 2. The van der Waals surface area contributed by atoms with Crippen LogP contribution in [0.5, 0.6) is 11.5 Å². The van der Waals surface area contributed by atoms with Crippen LogP contribution in [0.3, 0.4) is 0 Å². The Morgan fingerprint density at radius 3 is 1.49 bits per heavy atom. The van der Waals surface area contributed by atoms with Crippen molar-refractivity contribution in [2.45, 2.75) is 93.6 Å². The SMILES string of the molecule is CCOC(=O)C1(CCCn2c(=O)cc(C)c3ccc(OC)cc32)CCN(CCSc2cccs2)CC1.COc1ccc2c(C)cc(=O)n(CCCC3(C(=O)O)CCN(CCSc4cccs4)CC3)c2c1. The number of benzene rings is 2. The summed E-state index contributed by atoms with van der Waals surface area (Å²) in [6.45, 7) is 12.6. The van der Waals surface area contributed by atoms with Gasteiger partial charge in [0.1, 0.15) is 11.5 Å². The number of aromatic nitrogens is 2. The van der Waals surface area contributed by atoms with E-state index in [1.54, 1.807) is 53.6 Å². The molecule has 2 aliphatic heterocycles. The van der Waals surface area contributed by atoms with Crippen molar-refractivity contribution in [2.75, 3.05) is 71.6 Å². The molecule has 0 saturated carbocycles. The molecule has 8 rings (SSSR count). The average molecular weight is 1030 g/mol. The fourth-order valence-corrected chi connectivity index (χ4v) is 13.7. The first kappa shape index (κ1) is 53.2. The van der Waals surface area contributed by atoms with E-state index in [1.807, 2.05) is 85.3 Å². The second-order valence-corrected chi connectivity index (χ2v) is 23.1. The molecule has 4 aromatic heterocycles. The first-order valence-corrected chi connectivity index (χ1v) is 28.1. The zero-order valence-electron chi connectivity index (χ0n) is 41.2. The van der Waals surface area contributed by atoms with Crippen LogP contribution < -0.4 is 20.6 Å². The molecule has 1 N–H and O–H groups in total. The van der Waals surface area contributed by atoms with Crippen LogP contribution in [0.4, 0.5) is 0 Å². The molecule has 2 saturated heterocycles. The van der Waals surface area contributed by atoms with E-state index in [2.05, 4.69) is 44.8 Å². The Bertz CT molecular complexity index is 2770. The molecule has 0 amide bonds. The molecule has 0 unspecified atom stereocenters. The van der Waals surface area contributed by atoms with E-state index >= 15 is 0 Å². The zero-order chi connectivity index (χ0) is 49.7. The van der Waals surface area contributed by atoms with Crippen LogP contribution in [-0.2, 0) is 27.4 Å². The minimum atomic E-state index is -0.709. The number of carboxylic acids is 1. The lowest BCUT2D eigenvalue weighted by Gasteiger charge is -2.40. The van der Waals surface area contributed by atoms with E-state index in [9.17, 15) is 24.3 Å². The molecule has 376 valence electrons. The van der Waals surface area contributed by atoms with Gasteiger partial charge in [0.2, 0.25) is 0 Å². The summed E-state index contributed by atoms with van der Waals surface area (Å²) in [5.41, 5.74) is 2.35. The summed E-state index contributed by atoms with van der Waals surface area (Å²) in [7, 11) is 3.25. The van der Waals surface area contributed by atoms with E-state index in [-0.39, 0.29) is 17.1 Å². The number of fused-ring (bicyclic) bond motifs is 2. The zero-order valence-corrected chi connectivity index (χ0v) is 44.5. The minimum absolute atomic E-state index is 0.0171. The van der Waals surface area contributed by atoms with Crippen molar-refractivity contribution in [1.29, 1.82) is 0 Å². The van der Waals surface area contributed by atoms with Gasteiger partial charge in [-0.15, -0.1) is 46.2 Å². The number of rotatable bonds is 21. The molecule has 2 aromatic carbocycles. The Labute approximate surface area is 428 Å². The van der Waals surface area contributed by atoms with Gasteiger partial charge in [-0.2, -0.15) is 0 Å². The second-order valence-electron chi connectivity index (χ2n) is 18.4. The predicted molar refractivity (Wildman–Crippen MR) is 288 cm³/mol. The number of likely N-dealkylation sites (tertiary alicyclic amines) is 2. The number of hydrogen-bond acceptors (Lipinski definition) is 13. The van der Waals surface area contributed by atoms with Crippen LogP contribution in [0.25, 0.3) is 21.8 Å². The molecule has 16 heteroatoms. The molecule has 12 nitrogen and oxygen atoms in total. The number of thioether (sulfide) groups is 2. The summed E-state index contributed by atoms with van der Waals surface area (Å²) in [5.74, 6) is 2.72. The number of methoxy groups -OCH3 is 2. The highest BCUT2D eigenvalue weighted by Gasteiger charge is 2.43. The summed E-state index contributed by atoms with van der Waals surface area (Å²) in [6.07, 6.45) is 5.59. The van der Waals surface area contributed by atoms with Crippen molar-refractivity contribution >= 4 is 79.9 Å². The highest BCUT2D eigenvalue weighted by Crippen LogP contribution is 2.39. The number of carbonyl (C=O) groups is 2. The molecule has 2 aliphatic rings. The van der Waals surface area contributed by atoms with Gasteiger partial charge in [-0.05, 0) is 157 Å². The van der Waals surface area contributed by atoms with E-state index in [0.29, 0.717) is 51.1 Å². The third kappa shape index (κ3) is 13.3. The molecular weight excluding hydrogens is 961 g/mol. The monoisotopic (exact) mass is 1030 g/mol. The number of esters is 1. The lowest BCUT2D eigenvalue weighted by molar-refractivity contribution is -0.159. The molecular formula is C54H68N4O8S4. The van der Waals surface area contributed by atoms with Gasteiger partial charge < -0.3 is 38.3 Å². The summed E-state index contributed by atoms with van der Waals surface area (Å²) in [6, 6.07) is 23.4. The number of aliphatic carboxylic acids is 1. The maximum absolute atomic E-state index is 13.1. The summed E-state index contributed by atoms with van der Waals surface area (Å²) >= 11 is 7.30. The molecule has 0 bridgehead atoms. The third-order valence-electron chi connectivity index (χ3n) is 14.2. The normalized spacial score (nSPS) is 15.9. The Morgan fingerprint density at radius 2 is 1.09 bits per heavy atom. The first-order valence-electron chi connectivity index (χ1n) is 24.4. The highest BCUT2D eigenvalue weighted by atomic mass is 32.2. The van der Waals surface area contributed by atoms with Gasteiger partial charge in [0.05, 0.1) is 51.1 Å². The molecule has 0 atom stereocenters. The van der Waals surface area contributed by atoms with Crippen LogP contribution in [0, 0.1) is 24.7 Å². The van der Waals surface area contributed by atoms with Gasteiger partial charge in [-0.3, -0.25) is 19.2 Å². The quantitative estimate of drug-likeness (QED) is 0.0544. The maximum Gasteiger partial charge on any atom is 0.312 e. The fraction of sp³-hybridized carbons (Fsp3) is 0.481. The second kappa shape index (κ2) is 25.2. The number of aryl methyl sites for hydroxylation is 4. The number of nitrogens with zero attached hydrogens (tertiary/aromatic N) is 4. The Balaban J connectivity index is 0.000000207. The molecule has 0 spiro atoms. The van der Waals surface area contributed by atoms with E-state index in [0.717, 1.165) is 115 Å². The van der Waals surface area contributed by atoms with Crippen molar-refractivity contribution in [2.24, 2.45) is 10.8 Å². The summed E-state index contributed by atoms with van der Waals surface area (Å²) < 4.78 is 22.6. The van der Waals surface area contributed by atoms with Crippen molar-refractivity contribution in [3.63, 3.8) is 0 Å². The van der Waals surface area contributed by atoms with Gasteiger partial charge in [-0.1, -0.05) is 12.1 Å². The Hall–Kier alpha value is -4.58. The number of piperidine rings is 2. The highest BCUT2D eigenvalue weighted by molar-refractivity contribution is 8.01. The van der Waals surface area contributed by atoms with E-state index in [4.69, 9.17) is 14.2 Å². The molecule has 6 aromatic rings. The van der Waals surface area contributed by atoms with Crippen LogP contribution in [0.1, 0.15) is 69.4 Å². The van der Waals surface area contributed by atoms with Gasteiger partial charge in [0.15, 0.2) is 0 Å². The lowest BCUT2D eigenvalue weighted by atomic mass is 9.74. The largest absolute Gasteiger partial charge is 0.497 e. The van der Waals surface area contributed by atoms with Crippen molar-refractivity contribution < 1.29 is 28.9 Å². The van der Waals surface area contributed by atoms with Crippen LogP contribution in [0.15, 0.2) is 102 Å². The maximum atomic E-state index is 13.1. The van der Waals surface area contributed by atoms with Crippen LogP contribution >= 0.6 is 46.2 Å². The predicted octanol–water partition coefficient (Wildman–Crippen LogP) is 10.7. The van der Waals surface area contributed by atoms with E-state index in [1.165, 1.54) is 8.42 Å².